The highest BCUT2D eigenvalue weighted by molar-refractivity contribution is 5.92. The van der Waals surface area contributed by atoms with Crippen molar-refractivity contribution in [3.63, 3.8) is 0 Å². The molecule has 2 heterocycles. The highest BCUT2D eigenvalue weighted by atomic mass is 16.5. The minimum atomic E-state index is 0.00329. The van der Waals surface area contributed by atoms with Gasteiger partial charge < -0.3 is 10.1 Å². The number of amides is 1. The fraction of sp³-hybridized carbons (Fsp3) is 0.353. The maximum atomic E-state index is 12.1. The van der Waals surface area contributed by atoms with Crippen LogP contribution in [0.25, 0.3) is 0 Å². The average Bonchev–Trinajstić information content (AvgIpc) is 2.57. The van der Waals surface area contributed by atoms with Crippen molar-refractivity contribution in [3.8, 4) is 11.6 Å². The van der Waals surface area contributed by atoms with Crippen LogP contribution in [0, 0.1) is 0 Å². The largest absolute Gasteiger partial charge is 0.437 e. The molecule has 1 aliphatic heterocycles. The average molecular weight is 312 g/mol. The van der Waals surface area contributed by atoms with Crippen molar-refractivity contribution in [2.24, 2.45) is 0 Å². The van der Waals surface area contributed by atoms with Crippen LogP contribution < -0.4 is 10.1 Å². The van der Waals surface area contributed by atoms with Gasteiger partial charge in [0.25, 0.3) is 0 Å². The number of hydrogen-bond donors (Lipinski definition) is 1. The van der Waals surface area contributed by atoms with Crippen molar-refractivity contribution in [3.05, 3.63) is 42.9 Å². The molecule has 0 saturated carbocycles. The molecular formula is C17H20N4O2. The van der Waals surface area contributed by atoms with Gasteiger partial charge in [-0.1, -0.05) is 12.5 Å². The summed E-state index contributed by atoms with van der Waals surface area (Å²) in [5.41, 5.74) is 0.716. The molecule has 6 heteroatoms. The Morgan fingerprint density at radius 3 is 2.87 bits per heavy atom. The summed E-state index contributed by atoms with van der Waals surface area (Å²) in [4.78, 5) is 22.3. The maximum Gasteiger partial charge on any atom is 0.238 e. The molecule has 0 radical (unpaired) electrons. The fourth-order valence-corrected chi connectivity index (χ4v) is 2.62. The van der Waals surface area contributed by atoms with Gasteiger partial charge in [0.15, 0.2) is 0 Å². The molecule has 1 amide bonds. The van der Waals surface area contributed by atoms with Crippen molar-refractivity contribution in [1.82, 2.24) is 14.9 Å². The third kappa shape index (κ3) is 4.75. The molecule has 3 rings (SSSR count). The maximum absolute atomic E-state index is 12.1. The lowest BCUT2D eigenvalue weighted by molar-refractivity contribution is -0.117. The molecule has 0 spiro atoms. The summed E-state index contributed by atoms with van der Waals surface area (Å²) in [7, 11) is 0. The van der Waals surface area contributed by atoms with Gasteiger partial charge in [-0.15, -0.1) is 0 Å². The summed E-state index contributed by atoms with van der Waals surface area (Å²) in [6, 6.07) is 7.28. The Bertz CT molecular complexity index is 642. The highest BCUT2D eigenvalue weighted by Gasteiger charge is 2.14. The lowest BCUT2D eigenvalue weighted by atomic mass is 10.1. The molecule has 0 aliphatic carbocycles. The Morgan fingerprint density at radius 2 is 2.09 bits per heavy atom. The van der Waals surface area contributed by atoms with E-state index in [-0.39, 0.29) is 5.91 Å². The Morgan fingerprint density at radius 1 is 1.22 bits per heavy atom. The quantitative estimate of drug-likeness (QED) is 0.919. The van der Waals surface area contributed by atoms with Crippen molar-refractivity contribution in [2.45, 2.75) is 19.3 Å². The van der Waals surface area contributed by atoms with Gasteiger partial charge in [-0.3, -0.25) is 14.7 Å². The minimum Gasteiger partial charge on any atom is -0.437 e. The first kappa shape index (κ1) is 15.4. The first-order chi connectivity index (χ1) is 11.3. The van der Waals surface area contributed by atoms with E-state index in [0.29, 0.717) is 23.9 Å². The number of anilines is 1. The second kappa shape index (κ2) is 7.69. The van der Waals surface area contributed by atoms with Gasteiger partial charge in [0.2, 0.25) is 11.8 Å². The second-order valence-corrected chi connectivity index (χ2v) is 5.56. The number of ether oxygens (including phenoxy) is 1. The lowest BCUT2D eigenvalue weighted by Gasteiger charge is -2.25. The summed E-state index contributed by atoms with van der Waals surface area (Å²) < 4.78 is 5.62. The van der Waals surface area contributed by atoms with E-state index >= 15 is 0 Å². The molecule has 0 unspecified atom stereocenters. The van der Waals surface area contributed by atoms with E-state index in [4.69, 9.17) is 4.74 Å². The van der Waals surface area contributed by atoms with Gasteiger partial charge in [-0.2, -0.15) is 0 Å². The molecule has 1 aromatic carbocycles. The number of nitrogens with zero attached hydrogens (tertiary/aromatic N) is 3. The Kier molecular flexibility index (Phi) is 5.16. The predicted octanol–water partition coefficient (Wildman–Crippen LogP) is 2.69. The topological polar surface area (TPSA) is 67.4 Å². The Balaban J connectivity index is 1.57. The monoisotopic (exact) mass is 312 g/mol. The van der Waals surface area contributed by atoms with Gasteiger partial charge in [-0.25, -0.2) is 4.98 Å². The number of likely N-dealkylation sites (tertiary alicyclic amines) is 1. The van der Waals surface area contributed by atoms with Crippen molar-refractivity contribution >= 4 is 11.6 Å². The van der Waals surface area contributed by atoms with E-state index in [1.54, 1.807) is 24.7 Å². The molecule has 1 saturated heterocycles. The number of nitrogens with one attached hydrogen (secondary N) is 1. The molecule has 120 valence electrons. The number of piperidine rings is 1. The zero-order valence-corrected chi connectivity index (χ0v) is 12.9. The fourth-order valence-electron chi connectivity index (χ4n) is 2.62. The minimum absolute atomic E-state index is 0.00329. The summed E-state index contributed by atoms with van der Waals surface area (Å²) >= 11 is 0. The van der Waals surface area contributed by atoms with Crippen LogP contribution >= 0.6 is 0 Å². The van der Waals surface area contributed by atoms with E-state index < -0.39 is 0 Å². The summed E-state index contributed by atoms with van der Waals surface area (Å²) in [6.07, 6.45) is 8.31. The van der Waals surface area contributed by atoms with E-state index in [2.05, 4.69) is 20.2 Å². The number of carbonyl (C=O) groups is 1. The van der Waals surface area contributed by atoms with Crippen LogP contribution in [0.3, 0.4) is 0 Å². The van der Waals surface area contributed by atoms with Crippen LogP contribution in [0.5, 0.6) is 11.6 Å². The van der Waals surface area contributed by atoms with Gasteiger partial charge in [0, 0.05) is 24.1 Å². The molecule has 1 aliphatic rings. The van der Waals surface area contributed by atoms with Crippen LogP contribution in [0.15, 0.2) is 42.9 Å². The summed E-state index contributed by atoms with van der Waals surface area (Å²) in [5, 5.41) is 2.92. The number of carbonyl (C=O) groups excluding carboxylic acids is 1. The molecule has 23 heavy (non-hydrogen) atoms. The molecule has 2 aromatic rings. The number of hydrogen-bond acceptors (Lipinski definition) is 5. The van der Waals surface area contributed by atoms with E-state index in [0.717, 1.165) is 13.1 Å². The standard InChI is InChI=1S/C17H20N4O2/c22-16(13-21-9-2-1-3-10-21)20-14-5-4-6-15(11-14)23-17-12-18-7-8-19-17/h4-8,11-12H,1-3,9-10,13H2,(H,20,22). The zero-order valence-electron chi connectivity index (χ0n) is 12.9. The van der Waals surface area contributed by atoms with Crippen LogP contribution in [-0.4, -0.2) is 40.4 Å². The van der Waals surface area contributed by atoms with E-state index in [1.807, 2.05) is 18.2 Å². The van der Waals surface area contributed by atoms with Gasteiger partial charge in [0.05, 0.1) is 12.7 Å². The molecule has 1 N–H and O–H groups in total. The number of benzene rings is 1. The third-order valence-corrected chi connectivity index (χ3v) is 3.70. The number of aromatic nitrogens is 2. The molecule has 1 fully saturated rings. The van der Waals surface area contributed by atoms with Crippen molar-refractivity contribution in [2.75, 3.05) is 25.0 Å². The Labute approximate surface area is 135 Å². The summed E-state index contributed by atoms with van der Waals surface area (Å²) in [5.74, 6) is 1.04. The lowest BCUT2D eigenvalue weighted by Crippen LogP contribution is -2.36. The van der Waals surface area contributed by atoms with E-state index in [9.17, 15) is 4.79 Å². The van der Waals surface area contributed by atoms with Crippen LogP contribution in [0.4, 0.5) is 5.69 Å². The van der Waals surface area contributed by atoms with Crippen LogP contribution in [0.1, 0.15) is 19.3 Å². The molecular weight excluding hydrogens is 292 g/mol. The highest BCUT2D eigenvalue weighted by Crippen LogP contribution is 2.22. The van der Waals surface area contributed by atoms with Gasteiger partial charge in [0.1, 0.15) is 5.75 Å². The Hall–Kier alpha value is -2.47. The summed E-state index contributed by atoms with van der Waals surface area (Å²) in [6.45, 7) is 2.45. The number of rotatable bonds is 5. The molecule has 0 bridgehead atoms. The first-order valence-corrected chi connectivity index (χ1v) is 7.86. The van der Waals surface area contributed by atoms with Crippen LogP contribution in [0.2, 0.25) is 0 Å². The normalized spacial score (nSPS) is 15.1. The molecule has 0 atom stereocenters. The second-order valence-electron chi connectivity index (χ2n) is 5.56. The molecule has 1 aromatic heterocycles. The zero-order chi connectivity index (χ0) is 15.9. The first-order valence-electron chi connectivity index (χ1n) is 7.86. The van der Waals surface area contributed by atoms with Gasteiger partial charge in [-0.05, 0) is 38.1 Å². The third-order valence-electron chi connectivity index (χ3n) is 3.70. The predicted molar refractivity (Wildman–Crippen MR) is 87.5 cm³/mol. The molecule has 6 nitrogen and oxygen atoms in total. The van der Waals surface area contributed by atoms with Crippen molar-refractivity contribution < 1.29 is 9.53 Å². The van der Waals surface area contributed by atoms with E-state index in [1.165, 1.54) is 19.3 Å². The van der Waals surface area contributed by atoms with Gasteiger partial charge >= 0.3 is 0 Å². The van der Waals surface area contributed by atoms with Crippen LogP contribution in [-0.2, 0) is 4.79 Å². The smallest absolute Gasteiger partial charge is 0.238 e. The van der Waals surface area contributed by atoms with Crippen molar-refractivity contribution in [1.29, 1.82) is 0 Å². The SMILES string of the molecule is O=C(CN1CCCCC1)Nc1cccc(Oc2cnccn2)c1.